The van der Waals surface area contributed by atoms with Crippen molar-refractivity contribution in [3.8, 4) is 11.5 Å². The van der Waals surface area contributed by atoms with Crippen molar-refractivity contribution in [1.29, 1.82) is 0 Å². The van der Waals surface area contributed by atoms with Gasteiger partial charge in [0.2, 0.25) is 11.8 Å². The monoisotopic (exact) mass is 478 g/mol. The average Bonchev–Trinajstić information content (AvgIpc) is 3.55. The van der Waals surface area contributed by atoms with Crippen LogP contribution in [-0.4, -0.2) is 48.7 Å². The lowest BCUT2D eigenvalue weighted by molar-refractivity contribution is 0.102. The highest BCUT2D eigenvalue weighted by molar-refractivity contribution is 7.91. The number of hydrogen-bond acceptors (Lipinski definition) is 9. The number of amides is 1. The fourth-order valence-corrected chi connectivity index (χ4v) is 7.08. The second-order valence-electron chi connectivity index (χ2n) is 7.10. The van der Waals surface area contributed by atoms with Gasteiger partial charge in [-0.1, -0.05) is 17.4 Å². The topological polar surface area (TPSA) is 111 Å². The molecule has 2 aliphatic rings. The van der Waals surface area contributed by atoms with Gasteiger partial charge in [0.25, 0.3) is 15.9 Å². The van der Waals surface area contributed by atoms with E-state index in [2.05, 4.69) is 15.5 Å². The van der Waals surface area contributed by atoms with Crippen LogP contribution in [0.5, 0.6) is 11.5 Å². The Balaban J connectivity index is 1.28. The molecule has 12 heteroatoms. The minimum Gasteiger partial charge on any atom is -0.454 e. The molecular formula is C19H18N4O5S3. The maximum Gasteiger partial charge on any atom is 0.286 e. The molecule has 0 radical (unpaired) electrons. The van der Waals surface area contributed by atoms with E-state index >= 15 is 0 Å². The van der Waals surface area contributed by atoms with Crippen molar-refractivity contribution in [2.24, 2.45) is 0 Å². The molecule has 2 aliphatic heterocycles. The van der Waals surface area contributed by atoms with Crippen LogP contribution < -0.4 is 14.8 Å². The van der Waals surface area contributed by atoms with Crippen LogP contribution >= 0.6 is 22.7 Å². The largest absolute Gasteiger partial charge is 0.454 e. The van der Waals surface area contributed by atoms with Crippen molar-refractivity contribution in [3.63, 3.8) is 0 Å². The molecule has 9 nitrogen and oxygen atoms in total. The number of thiophene rings is 1. The number of piperidine rings is 1. The van der Waals surface area contributed by atoms with E-state index in [1.165, 1.54) is 27.0 Å². The summed E-state index contributed by atoms with van der Waals surface area (Å²) in [4.78, 5) is 12.6. The number of anilines is 1. The molecule has 0 aliphatic carbocycles. The minimum atomic E-state index is -3.51. The lowest BCUT2D eigenvalue weighted by atomic mass is 10.0. The van der Waals surface area contributed by atoms with Gasteiger partial charge in [-0.15, -0.1) is 21.5 Å². The molecule has 2 aromatic heterocycles. The van der Waals surface area contributed by atoms with E-state index in [0.717, 1.165) is 12.8 Å². The Morgan fingerprint density at radius 3 is 2.90 bits per heavy atom. The van der Waals surface area contributed by atoms with Gasteiger partial charge in [-0.25, -0.2) is 8.42 Å². The zero-order valence-corrected chi connectivity index (χ0v) is 18.6. The number of sulfonamides is 1. The van der Waals surface area contributed by atoms with Gasteiger partial charge in [0.1, 0.15) is 9.22 Å². The van der Waals surface area contributed by atoms with Gasteiger partial charge in [0.15, 0.2) is 11.5 Å². The van der Waals surface area contributed by atoms with E-state index in [-0.39, 0.29) is 23.6 Å². The molecule has 162 valence electrons. The Bertz CT molecular complexity index is 1210. The predicted octanol–water partition coefficient (Wildman–Crippen LogP) is 3.15. The summed E-state index contributed by atoms with van der Waals surface area (Å²) in [5, 5.41) is 13.6. The van der Waals surface area contributed by atoms with Gasteiger partial charge in [0, 0.05) is 30.8 Å². The Morgan fingerprint density at radius 2 is 2.06 bits per heavy atom. The van der Waals surface area contributed by atoms with Gasteiger partial charge < -0.3 is 14.8 Å². The summed E-state index contributed by atoms with van der Waals surface area (Å²) < 4.78 is 38.1. The average molecular weight is 479 g/mol. The van der Waals surface area contributed by atoms with Crippen molar-refractivity contribution in [1.82, 2.24) is 14.5 Å². The van der Waals surface area contributed by atoms with Gasteiger partial charge in [0.05, 0.1) is 0 Å². The normalized spacial score (nSPS) is 18.8. The van der Waals surface area contributed by atoms with Gasteiger partial charge in [-0.2, -0.15) is 4.31 Å². The van der Waals surface area contributed by atoms with Crippen molar-refractivity contribution in [3.05, 3.63) is 45.7 Å². The first-order valence-corrected chi connectivity index (χ1v) is 12.7. The third-order valence-electron chi connectivity index (χ3n) is 5.09. The number of nitrogens with zero attached hydrogens (tertiary/aromatic N) is 3. The third kappa shape index (κ3) is 4.03. The molecule has 5 rings (SSSR count). The number of aromatic nitrogens is 2. The second-order valence-corrected chi connectivity index (χ2v) is 11.2. The van der Waals surface area contributed by atoms with Crippen molar-refractivity contribution in [2.45, 2.75) is 23.0 Å². The van der Waals surface area contributed by atoms with Gasteiger partial charge in [-0.3, -0.25) is 4.79 Å². The molecule has 31 heavy (non-hydrogen) atoms. The zero-order chi connectivity index (χ0) is 21.4. The fourth-order valence-electron chi connectivity index (χ4n) is 3.55. The fraction of sp³-hybridized carbons (Fsp3) is 0.316. The van der Waals surface area contributed by atoms with E-state index in [0.29, 0.717) is 39.5 Å². The first-order valence-electron chi connectivity index (χ1n) is 9.59. The summed E-state index contributed by atoms with van der Waals surface area (Å²) in [6, 6.07) is 8.49. The lowest BCUT2D eigenvalue weighted by Crippen LogP contribution is -2.38. The molecule has 1 unspecified atom stereocenters. The third-order valence-corrected chi connectivity index (χ3v) is 9.41. The van der Waals surface area contributed by atoms with Gasteiger partial charge in [-0.05, 0) is 36.4 Å². The summed E-state index contributed by atoms with van der Waals surface area (Å²) in [6.45, 7) is 0.971. The number of rotatable bonds is 5. The van der Waals surface area contributed by atoms with Crippen LogP contribution in [0.25, 0.3) is 0 Å². The van der Waals surface area contributed by atoms with Crippen LogP contribution in [0.1, 0.15) is 33.6 Å². The molecule has 1 fully saturated rings. The number of ether oxygens (including phenoxy) is 2. The first kappa shape index (κ1) is 20.4. The smallest absolute Gasteiger partial charge is 0.286 e. The minimum absolute atomic E-state index is 0.0897. The second kappa shape index (κ2) is 8.19. The molecule has 1 atom stereocenters. The first-order chi connectivity index (χ1) is 15.0. The number of nitrogens with one attached hydrogen (secondary N) is 1. The zero-order valence-electron chi connectivity index (χ0n) is 16.2. The predicted molar refractivity (Wildman–Crippen MR) is 115 cm³/mol. The molecule has 0 bridgehead atoms. The van der Waals surface area contributed by atoms with Crippen LogP contribution in [0.3, 0.4) is 0 Å². The summed E-state index contributed by atoms with van der Waals surface area (Å²) in [5.41, 5.74) is 0.567. The maximum atomic E-state index is 12.8. The highest BCUT2D eigenvalue weighted by Crippen LogP contribution is 2.35. The molecule has 1 saturated heterocycles. The Morgan fingerprint density at radius 1 is 1.19 bits per heavy atom. The molecule has 0 saturated carbocycles. The Kier molecular flexibility index (Phi) is 5.38. The highest BCUT2D eigenvalue weighted by atomic mass is 32.2. The van der Waals surface area contributed by atoms with Crippen LogP contribution in [-0.2, 0) is 10.0 Å². The Hall–Kier alpha value is -2.54. The molecule has 1 amide bonds. The SMILES string of the molecule is O=C(Nc1ccc2c(c1)OCO2)c1nnc(C2CCCN(S(=O)(=O)c3cccs3)C2)s1. The van der Waals surface area contributed by atoms with E-state index in [9.17, 15) is 13.2 Å². The summed E-state index contributed by atoms with van der Waals surface area (Å²) in [7, 11) is -3.51. The van der Waals surface area contributed by atoms with E-state index in [4.69, 9.17) is 9.47 Å². The maximum absolute atomic E-state index is 12.8. The van der Waals surface area contributed by atoms with Crippen molar-refractivity contribution in [2.75, 3.05) is 25.2 Å². The quantitative estimate of drug-likeness (QED) is 0.600. The summed E-state index contributed by atoms with van der Waals surface area (Å²) >= 11 is 2.41. The molecule has 0 spiro atoms. The molecular weight excluding hydrogens is 460 g/mol. The van der Waals surface area contributed by atoms with Gasteiger partial charge >= 0.3 is 0 Å². The standard InChI is InChI=1S/C19H18N4O5S3/c24-17(20-13-5-6-14-15(9-13)28-11-27-14)19-22-21-18(30-19)12-3-1-7-23(10-12)31(25,26)16-4-2-8-29-16/h2,4-6,8-9,12H,1,3,7,10-11H2,(H,20,24). The van der Waals surface area contributed by atoms with E-state index in [1.807, 2.05) is 0 Å². The number of carbonyl (C=O) groups excluding carboxylic acids is 1. The van der Waals surface area contributed by atoms with Crippen LogP contribution in [0.15, 0.2) is 39.9 Å². The van der Waals surface area contributed by atoms with E-state index < -0.39 is 10.0 Å². The molecule has 1 N–H and O–H groups in total. The lowest BCUT2D eigenvalue weighted by Gasteiger charge is -2.30. The van der Waals surface area contributed by atoms with E-state index in [1.54, 1.807) is 35.7 Å². The number of fused-ring (bicyclic) bond motifs is 1. The van der Waals surface area contributed by atoms with Crippen molar-refractivity contribution >= 4 is 44.3 Å². The van der Waals surface area contributed by atoms with Crippen LogP contribution in [0.4, 0.5) is 5.69 Å². The van der Waals surface area contributed by atoms with Crippen molar-refractivity contribution < 1.29 is 22.7 Å². The molecule has 4 heterocycles. The molecule has 1 aromatic carbocycles. The highest BCUT2D eigenvalue weighted by Gasteiger charge is 2.33. The number of carbonyl (C=O) groups is 1. The number of hydrogen-bond donors (Lipinski definition) is 1. The molecule has 3 aromatic rings. The summed E-state index contributed by atoms with van der Waals surface area (Å²) in [6.07, 6.45) is 1.53. The van der Waals surface area contributed by atoms with Crippen LogP contribution in [0, 0.1) is 0 Å². The number of benzene rings is 1. The van der Waals surface area contributed by atoms with Crippen LogP contribution in [0.2, 0.25) is 0 Å². The Labute approximate surface area is 186 Å². The summed E-state index contributed by atoms with van der Waals surface area (Å²) in [5.74, 6) is 0.745.